The lowest BCUT2D eigenvalue weighted by atomic mass is 10.2. The van der Waals surface area contributed by atoms with E-state index < -0.39 is 21.2 Å². The molecule has 106 valence electrons. The van der Waals surface area contributed by atoms with E-state index in [0.29, 0.717) is 10.9 Å². The number of amides is 2. The molecule has 20 heavy (non-hydrogen) atoms. The van der Waals surface area contributed by atoms with E-state index in [1.807, 2.05) is 0 Å². The van der Waals surface area contributed by atoms with Gasteiger partial charge in [-0.05, 0) is 12.1 Å². The molecule has 2 amide bonds. The van der Waals surface area contributed by atoms with E-state index in [-0.39, 0.29) is 11.4 Å². The maximum Gasteiger partial charge on any atom is 0.356 e. The van der Waals surface area contributed by atoms with Crippen LogP contribution in [0.5, 0.6) is 5.75 Å². The number of azo groups is 1. The van der Waals surface area contributed by atoms with Crippen LogP contribution in [-0.4, -0.2) is 28.7 Å². The summed E-state index contributed by atoms with van der Waals surface area (Å²) in [5.74, 6) is -0.335. The number of nitrogens with two attached hydrogens (primary N) is 1. The van der Waals surface area contributed by atoms with Crippen LogP contribution in [0.2, 0.25) is 0 Å². The summed E-state index contributed by atoms with van der Waals surface area (Å²) < 4.78 is 34.3. The third kappa shape index (κ3) is 2.46. The second-order valence-electron chi connectivity index (χ2n) is 3.93. The van der Waals surface area contributed by atoms with Crippen LogP contribution in [-0.2, 0) is 17.2 Å². The summed E-state index contributed by atoms with van der Waals surface area (Å²) in [4.78, 5) is 10.5. The maximum absolute atomic E-state index is 11.1. The number of carbonyl (C=O) groups excluding carboxylic acids is 1. The number of phenolic OH excluding ortho intramolecular Hbond substituents is 1. The first kappa shape index (κ1) is 14.0. The van der Waals surface area contributed by atoms with Crippen LogP contribution in [0.3, 0.4) is 0 Å². The van der Waals surface area contributed by atoms with Gasteiger partial charge in [0.15, 0.2) is 0 Å². The summed E-state index contributed by atoms with van der Waals surface area (Å²) in [5.41, 5.74) is 5.02. The molecular formula is C10H9N4O5S-. The smallest absolute Gasteiger partial charge is 0.356 e. The van der Waals surface area contributed by atoms with E-state index in [1.54, 1.807) is 0 Å². The Labute approximate surface area is 113 Å². The summed E-state index contributed by atoms with van der Waals surface area (Å²) in [6.45, 7) is 0. The molecule has 0 saturated heterocycles. The van der Waals surface area contributed by atoms with Crippen LogP contribution in [0.4, 0.5) is 10.5 Å². The number of benzene rings is 1. The van der Waals surface area contributed by atoms with E-state index in [2.05, 4.69) is 10.2 Å². The van der Waals surface area contributed by atoms with E-state index >= 15 is 0 Å². The number of hydrogen-bond acceptors (Lipinski definition) is 6. The van der Waals surface area contributed by atoms with Gasteiger partial charge in [-0.15, -0.1) is 5.11 Å². The molecule has 9 nitrogen and oxygen atoms in total. The van der Waals surface area contributed by atoms with Crippen molar-refractivity contribution in [1.29, 1.82) is 0 Å². The fourth-order valence-electron chi connectivity index (χ4n) is 1.76. The third-order valence-electron chi connectivity index (χ3n) is 2.61. The molecule has 0 aliphatic heterocycles. The van der Waals surface area contributed by atoms with Crippen LogP contribution < -0.4 is 5.73 Å². The summed E-state index contributed by atoms with van der Waals surface area (Å²) in [5, 5.41) is 16.1. The zero-order valence-corrected chi connectivity index (χ0v) is 11.0. The molecular weight excluding hydrogens is 288 g/mol. The zero-order valence-electron chi connectivity index (χ0n) is 10.1. The Morgan fingerprint density at radius 1 is 1.40 bits per heavy atom. The molecule has 0 radical (unpaired) electrons. The number of rotatable bonds is 2. The Kier molecular flexibility index (Phi) is 3.19. The number of aromatic nitrogens is 1. The number of aryl methyl sites for hydroxylation is 1. The van der Waals surface area contributed by atoms with Crippen molar-refractivity contribution in [2.45, 2.75) is 5.03 Å². The molecule has 1 aromatic carbocycles. The van der Waals surface area contributed by atoms with Gasteiger partial charge >= 0.3 is 6.03 Å². The van der Waals surface area contributed by atoms with Gasteiger partial charge in [-0.3, -0.25) is 0 Å². The summed E-state index contributed by atoms with van der Waals surface area (Å²) in [6, 6.07) is 2.59. The molecule has 10 heteroatoms. The summed E-state index contributed by atoms with van der Waals surface area (Å²) >= 11 is 0. The molecule has 1 heterocycles. The summed E-state index contributed by atoms with van der Waals surface area (Å²) in [6.07, 6.45) is 0. The van der Waals surface area contributed by atoms with E-state index in [0.717, 1.165) is 10.6 Å². The molecule has 0 fully saturated rings. The molecule has 1 aromatic heterocycles. The lowest BCUT2D eigenvalue weighted by Gasteiger charge is -2.07. The Balaban J connectivity index is 2.69. The molecule has 0 saturated carbocycles. The predicted molar refractivity (Wildman–Crippen MR) is 66.6 cm³/mol. The minimum atomic E-state index is -4.64. The van der Waals surface area contributed by atoms with Gasteiger partial charge in [0.1, 0.15) is 26.6 Å². The van der Waals surface area contributed by atoms with Crippen LogP contribution in [0.25, 0.3) is 10.9 Å². The molecule has 3 N–H and O–H groups in total. The highest BCUT2D eigenvalue weighted by molar-refractivity contribution is 7.85. The van der Waals surface area contributed by atoms with E-state index in [1.165, 1.54) is 19.2 Å². The molecule has 2 rings (SSSR count). The average Bonchev–Trinajstić information content (AvgIpc) is 2.63. The topological polar surface area (TPSA) is 150 Å². The van der Waals surface area contributed by atoms with E-state index in [9.17, 15) is 22.9 Å². The van der Waals surface area contributed by atoms with Crippen LogP contribution in [0.15, 0.2) is 33.5 Å². The normalized spacial score (nSPS) is 12.3. The number of fused-ring (bicyclic) bond motifs is 1. The lowest BCUT2D eigenvalue weighted by molar-refractivity contribution is 0.255. The van der Waals surface area contributed by atoms with Crippen LogP contribution in [0.1, 0.15) is 0 Å². The first-order chi connectivity index (χ1) is 9.20. The number of carbonyl (C=O) groups is 1. The van der Waals surface area contributed by atoms with Gasteiger partial charge in [-0.2, -0.15) is 0 Å². The van der Waals surface area contributed by atoms with Crippen molar-refractivity contribution in [1.82, 2.24) is 4.57 Å². The lowest BCUT2D eigenvalue weighted by Crippen LogP contribution is -2.04. The number of primary amides is 1. The van der Waals surface area contributed by atoms with Crippen LogP contribution >= 0.6 is 0 Å². The van der Waals surface area contributed by atoms with Gasteiger partial charge in [0.2, 0.25) is 0 Å². The Morgan fingerprint density at radius 3 is 2.60 bits per heavy atom. The minimum Gasteiger partial charge on any atom is -0.743 e. The highest BCUT2D eigenvalue weighted by Crippen LogP contribution is 2.34. The fraction of sp³-hybridized carbons (Fsp3) is 0.100. The van der Waals surface area contributed by atoms with E-state index in [4.69, 9.17) is 5.73 Å². The fourth-order valence-corrected chi connectivity index (χ4v) is 2.46. The number of aromatic hydroxyl groups is 1. The second kappa shape index (κ2) is 4.58. The van der Waals surface area contributed by atoms with Crippen molar-refractivity contribution in [2.75, 3.05) is 0 Å². The number of urea groups is 1. The Bertz CT molecular complexity index is 837. The van der Waals surface area contributed by atoms with Crippen molar-refractivity contribution < 1.29 is 22.9 Å². The maximum atomic E-state index is 11.1. The molecule has 0 unspecified atom stereocenters. The van der Waals surface area contributed by atoms with Gasteiger partial charge in [0.05, 0.1) is 5.52 Å². The average molecular weight is 297 g/mol. The second-order valence-corrected chi connectivity index (χ2v) is 5.26. The Morgan fingerprint density at radius 2 is 2.05 bits per heavy atom. The number of nitrogens with zero attached hydrogens (tertiary/aromatic N) is 3. The zero-order chi connectivity index (χ0) is 15.1. The van der Waals surface area contributed by atoms with Crippen molar-refractivity contribution in [3.8, 4) is 5.75 Å². The summed E-state index contributed by atoms with van der Waals surface area (Å²) in [7, 11) is -3.27. The van der Waals surface area contributed by atoms with Gasteiger partial charge in [0, 0.05) is 18.5 Å². The standard InChI is InChI=1S/C10H10N4O5S/c1-14-7-4-8(15)6(12-13-10(11)16)2-5(7)3-9(14)20(17,18)19/h2-4,15H,1H3,(H2,11,16)(H,17,18,19)/p-1. The minimum absolute atomic E-state index is 0.0725. The van der Waals surface area contributed by atoms with Crippen molar-refractivity contribution in [2.24, 2.45) is 23.0 Å². The van der Waals surface area contributed by atoms with Gasteiger partial charge in [-0.25, -0.2) is 13.2 Å². The largest absolute Gasteiger partial charge is 0.743 e. The van der Waals surface area contributed by atoms with Gasteiger partial charge in [-0.1, -0.05) is 5.11 Å². The first-order valence-electron chi connectivity index (χ1n) is 5.19. The molecule has 0 atom stereocenters. The molecule has 2 aromatic rings. The van der Waals surface area contributed by atoms with Crippen molar-refractivity contribution in [3.63, 3.8) is 0 Å². The third-order valence-corrected chi connectivity index (χ3v) is 3.51. The monoisotopic (exact) mass is 297 g/mol. The quantitative estimate of drug-likeness (QED) is 0.624. The van der Waals surface area contributed by atoms with Crippen molar-refractivity contribution >= 4 is 32.7 Å². The molecule has 0 bridgehead atoms. The molecule has 0 spiro atoms. The molecule has 0 aliphatic carbocycles. The highest BCUT2D eigenvalue weighted by Gasteiger charge is 2.13. The predicted octanol–water partition coefficient (Wildman–Crippen LogP) is 0.950. The molecule has 0 aliphatic rings. The number of hydrogen-bond donors (Lipinski definition) is 2. The van der Waals surface area contributed by atoms with Gasteiger partial charge in [0.25, 0.3) is 0 Å². The number of phenols is 1. The van der Waals surface area contributed by atoms with Crippen LogP contribution in [0, 0.1) is 0 Å². The van der Waals surface area contributed by atoms with Gasteiger partial charge < -0.3 is 20.0 Å². The SMILES string of the molecule is Cn1c(S(=O)(=O)[O-])cc2cc(N=NC(N)=O)c(O)cc21. The van der Waals surface area contributed by atoms with Crippen molar-refractivity contribution in [3.05, 3.63) is 18.2 Å². The Hall–Kier alpha value is -2.46. The highest BCUT2D eigenvalue weighted by atomic mass is 32.2. The first-order valence-corrected chi connectivity index (χ1v) is 6.60.